The highest BCUT2D eigenvalue weighted by molar-refractivity contribution is 5.79. The van der Waals surface area contributed by atoms with Crippen LogP contribution in [0.5, 0.6) is 0 Å². The minimum absolute atomic E-state index is 0.163. The first kappa shape index (κ1) is 8.49. The molecular weight excluding hydrogens is 146 g/mol. The molecule has 4 nitrogen and oxygen atoms in total. The van der Waals surface area contributed by atoms with E-state index in [9.17, 15) is 4.79 Å². The molecule has 4 heteroatoms. The Kier molecular flexibility index (Phi) is 3.32. The SMILES string of the molecule is CCONC(=O)[C@@H]1CCCO1. The van der Waals surface area contributed by atoms with Gasteiger partial charge in [-0.3, -0.25) is 9.63 Å². The molecule has 1 fully saturated rings. The van der Waals surface area contributed by atoms with E-state index < -0.39 is 0 Å². The summed E-state index contributed by atoms with van der Waals surface area (Å²) in [6, 6.07) is 0. The summed E-state index contributed by atoms with van der Waals surface area (Å²) in [6.45, 7) is 2.98. The predicted octanol–water partition coefficient (Wildman–Crippen LogP) is 0.233. The first-order valence-electron chi connectivity index (χ1n) is 3.88. The van der Waals surface area contributed by atoms with Gasteiger partial charge in [0.05, 0.1) is 6.61 Å². The largest absolute Gasteiger partial charge is 0.368 e. The molecule has 0 aromatic rings. The Morgan fingerprint density at radius 3 is 3.18 bits per heavy atom. The van der Waals surface area contributed by atoms with E-state index in [0.717, 1.165) is 12.8 Å². The van der Waals surface area contributed by atoms with E-state index >= 15 is 0 Å². The molecule has 0 radical (unpaired) electrons. The van der Waals surface area contributed by atoms with Gasteiger partial charge in [-0.25, -0.2) is 5.48 Å². The minimum Gasteiger partial charge on any atom is -0.368 e. The molecule has 0 aromatic carbocycles. The first-order valence-corrected chi connectivity index (χ1v) is 3.88. The van der Waals surface area contributed by atoms with Crippen LogP contribution in [0.1, 0.15) is 19.8 Å². The van der Waals surface area contributed by atoms with Gasteiger partial charge in [0, 0.05) is 6.61 Å². The van der Waals surface area contributed by atoms with Gasteiger partial charge in [-0.1, -0.05) is 0 Å². The third-order valence-electron chi connectivity index (χ3n) is 1.54. The zero-order chi connectivity index (χ0) is 8.10. The third-order valence-corrected chi connectivity index (χ3v) is 1.54. The van der Waals surface area contributed by atoms with E-state index in [1.807, 2.05) is 6.92 Å². The van der Waals surface area contributed by atoms with Crippen LogP contribution in [0.15, 0.2) is 0 Å². The van der Waals surface area contributed by atoms with Crippen LogP contribution in [-0.4, -0.2) is 25.2 Å². The van der Waals surface area contributed by atoms with Gasteiger partial charge in [-0.2, -0.15) is 0 Å². The van der Waals surface area contributed by atoms with Crippen molar-refractivity contribution in [2.75, 3.05) is 13.2 Å². The van der Waals surface area contributed by atoms with Crippen molar-refractivity contribution in [3.05, 3.63) is 0 Å². The highest BCUT2D eigenvalue weighted by Crippen LogP contribution is 2.11. The Labute approximate surface area is 65.8 Å². The molecule has 0 bridgehead atoms. The number of hydrogen-bond donors (Lipinski definition) is 1. The average molecular weight is 159 g/mol. The standard InChI is InChI=1S/C7H13NO3/c1-2-11-8-7(9)6-4-3-5-10-6/h6H,2-5H2,1H3,(H,8,9)/t6-/m0/s1. The maximum absolute atomic E-state index is 11.0. The van der Waals surface area contributed by atoms with E-state index in [2.05, 4.69) is 5.48 Å². The Bertz CT molecular complexity index is 132. The highest BCUT2D eigenvalue weighted by atomic mass is 16.7. The Morgan fingerprint density at radius 1 is 1.82 bits per heavy atom. The lowest BCUT2D eigenvalue weighted by Gasteiger charge is -2.08. The zero-order valence-corrected chi connectivity index (χ0v) is 6.63. The van der Waals surface area contributed by atoms with Crippen LogP contribution in [0.4, 0.5) is 0 Å². The summed E-state index contributed by atoms with van der Waals surface area (Å²) in [7, 11) is 0. The number of amides is 1. The Hall–Kier alpha value is -0.610. The average Bonchev–Trinajstić information content (AvgIpc) is 2.52. The smallest absolute Gasteiger partial charge is 0.272 e. The summed E-state index contributed by atoms with van der Waals surface area (Å²) >= 11 is 0. The fourth-order valence-corrected chi connectivity index (χ4v) is 0.993. The highest BCUT2D eigenvalue weighted by Gasteiger charge is 2.23. The van der Waals surface area contributed by atoms with E-state index in [1.165, 1.54) is 0 Å². The quantitative estimate of drug-likeness (QED) is 0.600. The van der Waals surface area contributed by atoms with Gasteiger partial charge < -0.3 is 4.74 Å². The summed E-state index contributed by atoms with van der Waals surface area (Å²) in [5.74, 6) is -0.163. The number of carbonyl (C=O) groups excluding carboxylic acids is 1. The summed E-state index contributed by atoms with van der Waals surface area (Å²) in [5, 5.41) is 0. The maximum Gasteiger partial charge on any atom is 0.272 e. The van der Waals surface area contributed by atoms with E-state index in [1.54, 1.807) is 0 Å². The molecule has 0 saturated carbocycles. The summed E-state index contributed by atoms with van der Waals surface area (Å²) < 4.78 is 5.12. The van der Waals surface area contributed by atoms with Gasteiger partial charge in [0.1, 0.15) is 6.10 Å². The Morgan fingerprint density at radius 2 is 2.64 bits per heavy atom. The molecule has 0 aromatic heterocycles. The van der Waals surface area contributed by atoms with Crippen molar-refractivity contribution in [2.45, 2.75) is 25.9 Å². The number of hydrogen-bond acceptors (Lipinski definition) is 3. The summed E-state index contributed by atoms with van der Waals surface area (Å²) in [6.07, 6.45) is 1.48. The normalized spacial score (nSPS) is 23.5. The van der Waals surface area contributed by atoms with E-state index in [-0.39, 0.29) is 12.0 Å². The number of rotatable bonds is 3. The van der Waals surface area contributed by atoms with Crippen LogP contribution in [0.2, 0.25) is 0 Å². The van der Waals surface area contributed by atoms with Gasteiger partial charge in [-0.15, -0.1) is 0 Å². The number of carbonyl (C=O) groups is 1. The van der Waals surface area contributed by atoms with Crippen molar-refractivity contribution < 1.29 is 14.4 Å². The van der Waals surface area contributed by atoms with Gasteiger partial charge in [0.2, 0.25) is 0 Å². The molecule has 11 heavy (non-hydrogen) atoms. The zero-order valence-electron chi connectivity index (χ0n) is 6.63. The second-order valence-corrected chi connectivity index (χ2v) is 2.40. The molecular formula is C7H13NO3. The van der Waals surface area contributed by atoms with Crippen molar-refractivity contribution in [2.24, 2.45) is 0 Å². The molecule has 1 amide bonds. The van der Waals surface area contributed by atoms with E-state index in [4.69, 9.17) is 9.57 Å². The molecule has 64 valence electrons. The van der Waals surface area contributed by atoms with Gasteiger partial charge in [0.15, 0.2) is 0 Å². The van der Waals surface area contributed by atoms with Gasteiger partial charge in [0.25, 0.3) is 5.91 Å². The lowest BCUT2D eigenvalue weighted by molar-refractivity contribution is -0.142. The van der Waals surface area contributed by atoms with Crippen LogP contribution in [0.3, 0.4) is 0 Å². The van der Waals surface area contributed by atoms with Crippen LogP contribution < -0.4 is 5.48 Å². The summed E-state index contributed by atoms with van der Waals surface area (Å²) in [5.41, 5.74) is 2.31. The number of ether oxygens (including phenoxy) is 1. The van der Waals surface area contributed by atoms with Crippen molar-refractivity contribution in [1.82, 2.24) is 5.48 Å². The molecule has 1 atom stereocenters. The van der Waals surface area contributed by atoms with Gasteiger partial charge in [-0.05, 0) is 19.8 Å². The fraction of sp³-hybridized carbons (Fsp3) is 0.857. The molecule has 1 saturated heterocycles. The van der Waals surface area contributed by atoms with Crippen molar-refractivity contribution in [3.63, 3.8) is 0 Å². The molecule has 1 N–H and O–H groups in total. The lowest BCUT2D eigenvalue weighted by atomic mass is 10.2. The third kappa shape index (κ3) is 2.48. The monoisotopic (exact) mass is 159 g/mol. The topological polar surface area (TPSA) is 47.6 Å². The second-order valence-electron chi connectivity index (χ2n) is 2.40. The van der Waals surface area contributed by atoms with Crippen LogP contribution >= 0.6 is 0 Å². The maximum atomic E-state index is 11.0. The number of hydroxylamine groups is 1. The molecule has 1 aliphatic rings. The molecule has 0 spiro atoms. The van der Waals surface area contributed by atoms with Crippen LogP contribution in [0.25, 0.3) is 0 Å². The van der Waals surface area contributed by atoms with Gasteiger partial charge >= 0.3 is 0 Å². The fourth-order valence-electron chi connectivity index (χ4n) is 0.993. The summed E-state index contributed by atoms with van der Waals surface area (Å²) in [4.78, 5) is 15.8. The molecule has 0 unspecified atom stereocenters. The van der Waals surface area contributed by atoms with Crippen LogP contribution in [-0.2, 0) is 14.4 Å². The van der Waals surface area contributed by atoms with E-state index in [0.29, 0.717) is 13.2 Å². The van der Waals surface area contributed by atoms with Crippen molar-refractivity contribution in [1.29, 1.82) is 0 Å². The second kappa shape index (κ2) is 4.31. The molecule has 1 heterocycles. The lowest BCUT2D eigenvalue weighted by Crippen LogP contribution is -2.34. The first-order chi connectivity index (χ1) is 5.34. The van der Waals surface area contributed by atoms with Crippen molar-refractivity contribution in [3.8, 4) is 0 Å². The minimum atomic E-state index is -0.290. The molecule has 0 aliphatic carbocycles. The predicted molar refractivity (Wildman–Crippen MR) is 38.7 cm³/mol. The Balaban J connectivity index is 2.17. The number of nitrogens with one attached hydrogen (secondary N) is 1. The van der Waals surface area contributed by atoms with Crippen molar-refractivity contribution >= 4 is 5.91 Å². The molecule has 1 rings (SSSR count). The molecule has 1 aliphatic heterocycles. The van der Waals surface area contributed by atoms with Crippen LogP contribution in [0, 0.1) is 0 Å².